The molecule has 0 aromatic carbocycles. The van der Waals surface area contributed by atoms with E-state index in [1.807, 2.05) is 0 Å². The molecule has 3 nitrogen and oxygen atoms in total. The fraction of sp³-hybridized carbons (Fsp3) is 0.667. The zero-order valence-corrected chi connectivity index (χ0v) is 5.85. The molecule has 52 valence electrons. The highest BCUT2D eigenvalue weighted by atomic mass is 16.2. The molecule has 0 aromatic rings. The van der Waals surface area contributed by atoms with Crippen molar-refractivity contribution in [2.75, 3.05) is 0 Å². The maximum atomic E-state index is 10.2. The Morgan fingerprint density at radius 2 is 2.44 bits per heavy atom. The molecule has 0 unspecified atom stereocenters. The van der Waals surface area contributed by atoms with Crippen molar-refractivity contribution in [1.29, 1.82) is 0 Å². The smallest absolute Gasteiger partial charge is 0.236 e. The van der Waals surface area contributed by atoms with Gasteiger partial charge in [-0.05, 0) is 6.42 Å². The Hall–Kier alpha value is -0.860. The van der Waals surface area contributed by atoms with Crippen LogP contribution in [-0.2, 0) is 4.79 Å². The van der Waals surface area contributed by atoms with Crippen molar-refractivity contribution >= 4 is 12.1 Å². The van der Waals surface area contributed by atoms with Crippen molar-refractivity contribution in [3.63, 3.8) is 0 Å². The summed E-state index contributed by atoms with van der Waals surface area (Å²) >= 11 is 0. The van der Waals surface area contributed by atoms with E-state index >= 15 is 0 Å². The second-order valence-electron chi connectivity index (χ2n) is 1.77. The maximum Gasteiger partial charge on any atom is 0.236 e. The number of hydrogen-bond acceptors (Lipinski definition) is 2. The minimum absolute atomic E-state index is 0.123. The van der Waals surface area contributed by atoms with Gasteiger partial charge in [0.1, 0.15) is 0 Å². The van der Waals surface area contributed by atoms with Crippen molar-refractivity contribution < 1.29 is 4.79 Å². The Balaban J connectivity index is 3.14. The van der Waals surface area contributed by atoms with Gasteiger partial charge in [0, 0.05) is 13.1 Å². The van der Waals surface area contributed by atoms with Gasteiger partial charge in [-0.25, -0.2) is 5.43 Å². The van der Waals surface area contributed by atoms with Gasteiger partial charge in [0.2, 0.25) is 5.91 Å². The predicted molar refractivity (Wildman–Crippen MR) is 37.2 cm³/mol. The highest BCUT2D eigenvalue weighted by molar-refractivity contribution is 5.73. The molecule has 0 rings (SSSR count). The van der Waals surface area contributed by atoms with Crippen LogP contribution in [0.2, 0.25) is 0 Å². The molecule has 0 heterocycles. The average molecular weight is 128 g/mol. The van der Waals surface area contributed by atoms with E-state index in [4.69, 9.17) is 0 Å². The van der Waals surface area contributed by atoms with Gasteiger partial charge in [-0.15, -0.1) is 0 Å². The lowest BCUT2D eigenvalue weighted by molar-refractivity contribution is -0.118. The van der Waals surface area contributed by atoms with Crippen molar-refractivity contribution in [3.8, 4) is 0 Å². The number of rotatable bonds is 3. The van der Waals surface area contributed by atoms with Gasteiger partial charge >= 0.3 is 0 Å². The predicted octanol–water partition coefficient (Wildman–Crippen LogP) is 0.908. The fourth-order valence-corrected chi connectivity index (χ4v) is 0.330. The SMILES string of the molecule is CCC/C=N/NC(C)=O. The summed E-state index contributed by atoms with van der Waals surface area (Å²) < 4.78 is 0. The first-order valence-corrected chi connectivity index (χ1v) is 3.05. The highest BCUT2D eigenvalue weighted by Crippen LogP contribution is 1.78. The third-order valence-electron chi connectivity index (χ3n) is 0.731. The van der Waals surface area contributed by atoms with Gasteiger partial charge in [-0.1, -0.05) is 13.3 Å². The van der Waals surface area contributed by atoms with Gasteiger partial charge < -0.3 is 0 Å². The van der Waals surface area contributed by atoms with Crippen molar-refractivity contribution in [3.05, 3.63) is 0 Å². The zero-order chi connectivity index (χ0) is 7.11. The lowest BCUT2D eigenvalue weighted by atomic mass is 10.4. The van der Waals surface area contributed by atoms with E-state index in [-0.39, 0.29) is 5.91 Å². The molecule has 0 atom stereocenters. The molecule has 0 bridgehead atoms. The third-order valence-corrected chi connectivity index (χ3v) is 0.731. The number of hydrogen-bond donors (Lipinski definition) is 1. The molecule has 0 aliphatic carbocycles. The molecule has 1 N–H and O–H groups in total. The van der Waals surface area contributed by atoms with Crippen LogP contribution in [0.5, 0.6) is 0 Å². The Morgan fingerprint density at radius 1 is 1.78 bits per heavy atom. The third kappa shape index (κ3) is 7.14. The van der Waals surface area contributed by atoms with Crippen LogP contribution in [-0.4, -0.2) is 12.1 Å². The van der Waals surface area contributed by atoms with Gasteiger partial charge in [0.05, 0.1) is 0 Å². The first-order valence-electron chi connectivity index (χ1n) is 3.05. The summed E-state index contributed by atoms with van der Waals surface area (Å²) in [6.07, 6.45) is 3.67. The van der Waals surface area contributed by atoms with Crippen molar-refractivity contribution in [2.24, 2.45) is 5.10 Å². The van der Waals surface area contributed by atoms with E-state index in [9.17, 15) is 4.79 Å². The summed E-state index contributed by atoms with van der Waals surface area (Å²) in [6, 6.07) is 0. The lowest BCUT2D eigenvalue weighted by Gasteiger charge is -1.88. The van der Waals surface area contributed by atoms with E-state index in [2.05, 4.69) is 17.5 Å². The van der Waals surface area contributed by atoms with Crippen LogP contribution in [0.25, 0.3) is 0 Å². The van der Waals surface area contributed by atoms with Crippen LogP contribution in [0, 0.1) is 0 Å². The van der Waals surface area contributed by atoms with Gasteiger partial charge in [-0.2, -0.15) is 5.10 Å². The van der Waals surface area contributed by atoms with E-state index in [0.29, 0.717) is 0 Å². The monoisotopic (exact) mass is 128 g/mol. The molecule has 9 heavy (non-hydrogen) atoms. The molecule has 0 aliphatic rings. The molecule has 0 spiro atoms. The summed E-state index contributed by atoms with van der Waals surface area (Å²) in [5.41, 5.74) is 2.31. The summed E-state index contributed by atoms with van der Waals surface area (Å²) in [6.45, 7) is 3.49. The summed E-state index contributed by atoms with van der Waals surface area (Å²) in [5.74, 6) is -0.123. The Bertz CT molecular complexity index is 110. The van der Waals surface area contributed by atoms with E-state index in [0.717, 1.165) is 12.8 Å². The number of carbonyl (C=O) groups excluding carboxylic acids is 1. The van der Waals surface area contributed by atoms with E-state index in [1.54, 1.807) is 6.21 Å². The van der Waals surface area contributed by atoms with Gasteiger partial charge in [0.25, 0.3) is 0 Å². The maximum absolute atomic E-state index is 10.2. The molecular weight excluding hydrogens is 116 g/mol. The minimum atomic E-state index is -0.123. The topological polar surface area (TPSA) is 41.5 Å². The molecule has 3 heteroatoms. The highest BCUT2D eigenvalue weighted by Gasteiger charge is 1.80. The molecule has 0 aromatic heterocycles. The average Bonchev–Trinajstić information content (AvgIpc) is 1.80. The summed E-state index contributed by atoms with van der Waals surface area (Å²) in [7, 11) is 0. The Kier molecular flexibility index (Phi) is 4.78. The van der Waals surface area contributed by atoms with Crippen LogP contribution in [0.3, 0.4) is 0 Å². The molecule has 0 fully saturated rings. The summed E-state index contributed by atoms with van der Waals surface area (Å²) in [5, 5.41) is 3.64. The van der Waals surface area contributed by atoms with Crippen molar-refractivity contribution in [1.82, 2.24) is 5.43 Å². The first kappa shape index (κ1) is 8.14. The summed E-state index contributed by atoms with van der Waals surface area (Å²) in [4.78, 5) is 10.2. The Labute approximate surface area is 55.1 Å². The molecule has 0 saturated heterocycles. The van der Waals surface area contributed by atoms with E-state index < -0.39 is 0 Å². The molecule has 0 radical (unpaired) electrons. The number of nitrogens with one attached hydrogen (secondary N) is 1. The fourth-order valence-electron chi connectivity index (χ4n) is 0.330. The van der Waals surface area contributed by atoms with Crippen LogP contribution < -0.4 is 5.43 Å². The first-order chi connectivity index (χ1) is 4.27. The largest absolute Gasteiger partial charge is 0.274 e. The number of unbranched alkanes of at least 4 members (excludes halogenated alkanes) is 1. The number of hydrazone groups is 1. The van der Waals surface area contributed by atoms with Crippen LogP contribution in [0.4, 0.5) is 0 Å². The number of nitrogens with zero attached hydrogens (tertiary/aromatic N) is 1. The minimum Gasteiger partial charge on any atom is -0.274 e. The van der Waals surface area contributed by atoms with Crippen molar-refractivity contribution in [2.45, 2.75) is 26.7 Å². The van der Waals surface area contributed by atoms with E-state index in [1.165, 1.54) is 6.92 Å². The van der Waals surface area contributed by atoms with Gasteiger partial charge in [-0.3, -0.25) is 4.79 Å². The molecule has 0 saturated carbocycles. The zero-order valence-electron chi connectivity index (χ0n) is 5.85. The number of carbonyl (C=O) groups is 1. The van der Waals surface area contributed by atoms with Crippen LogP contribution in [0.15, 0.2) is 5.10 Å². The molecule has 1 amide bonds. The normalized spacial score (nSPS) is 10.0. The number of amides is 1. The standard InChI is InChI=1S/C6H12N2O/c1-3-4-5-7-8-6(2)9/h5H,3-4H2,1-2H3,(H,8,9)/b7-5+. The molecule has 0 aliphatic heterocycles. The quantitative estimate of drug-likeness (QED) is 0.445. The lowest BCUT2D eigenvalue weighted by Crippen LogP contribution is -2.11. The molecular formula is C6H12N2O. The Morgan fingerprint density at radius 3 is 2.89 bits per heavy atom. The second-order valence-corrected chi connectivity index (χ2v) is 1.77. The van der Waals surface area contributed by atoms with Crippen LogP contribution >= 0.6 is 0 Å². The van der Waals surface area contributed by atoms with Gasteiger partial charge in [0.15, 0.2) is 0 Å². The van der Waals surface area contributed by atoms with Crippen LogP contribution in [0.1, 0.15) is 26.7 Å². The second kappa shape index (κ2) is 5.28.